The first-order valence-electron chi connectivity index (χ1n) is 5.34. The Labute approximate surface area is 91.5 Å². The number of para-hydroxylation sites is 2. The fraction of sp³-hybridized carbons (Fsp3) is 0.385. The molecule has 0 aliphatic rings. The molecule has 0 aromatic heterocycles. The van der Waals surface area contributed by atoms with E-state index in [1.54, 1.807) is 6.08 Å². The molecule has 1 aromatic rings. The molecule has 0 saturated carbocycles. The Kier molecular flexibility index (Phi) is 5.38. The lowest BCUT2D eigenvalue weighted by Crippen LogP contribution is -2.00. The molecule has 0 saturated heterocycles. The van der Waals surface area contributed by atoms with E-state index in [0.717, 1.165) is 30.9 Å². The van der Waals surface area contributed by atoms with Gasteiger partial charge in [0, 0.05) is 0 Å². The largest absolute Gasteiger partial charge is 0.490 e. The molecule has 0 amide bonds. The zero-order chi connectivity index (χ0) is 10.9. The van der Waals surface area contributed by atoms with Gasteiger partial charge in [0.15, 0.2) is 11.5 Å². The van der Waals surface area contributed by atoms with Crippen molar-refractivity contribution in [3.8, 4) is 11.5 Å². The van der Waals surface area contributed by atoms with Gasteiger partial charge < -0.3 is 9.47 Å². The smallest absolute Gasteiger partial charge is 0.161 e. The highest BCUT2D eigenvalue weighted by molar-refractivity contribution is 5.39. The van der Waals surface area contributed by atoms with E-state index in [2.05, 4.69) is 13.5 Å². The molecular formula is C13H18O2. The van der Waals surface area contributed by atoms with Crippen LogP contribution in [0.4, 0.5) is 0 Å². The van der Waals surface area contributed by atoms with Gasteiger partial charge in [-0.1, -0.05) is 38.1 Å². The molecule has 0 spiro atoms. The van der Waals surface area contributed by atoms with Crippen molar-refractivity contribution in [2.45, 2.75) is 19.8 Å². The maximum absolute atomic E-state index is 5.62. The first-order valence-corrected chi connectivity index (χ1v) is 5.34. The van der Waals surface area contributed by atoms with Crippen molar-refractivity contribution in [1.82, 2.24) is 0 Å². The maximum atomic E-state index is 5.62. The molecule has 0 unspecified atom stereocenters. The Morgan fingerprint density at radius 3 is 2.47 bits per heavy atom. The number of ether oxygens (including phenoxy) is 2. The number of unbranched alkanes of at least 4 members (excludes halogenated alkanes) is 1. The second-order valence-corrected chi connectivity index (χ2v) is 3.25. The van der Waals surface area contributed by atoms with Crippen molar-refractivity contribution in [3.63, 3.8) is 0 Å². The molecule has 0 aliphatic heterocycles. The summed E-state index contributed by atoms with van der Waals surface area (Å²) in [5, 5.41) is 0. The summed E-state index contributed by atoms with van der Waals surface area (Å²) in [5.41, 5.74) is 0. The van der Waals surface area contributed by atoms with Gasteiger partial charge in [0.1, 0.15) is 6.61 Å². The third-order valence-corrected chi connectivity index (χ3v) is 1.96. The zero-order valence-electron chi connectivity index (χ0n) is 9.24. The molecule has 15 heavy (non-hydrogen) atoms. The van der Waals surface area contributed by atoms with Gasteiger partial charge >= 0.3 is 0 Å². The van der Waals surface area contributed by atoms with Gasteiger partial charge in [-0.05, 0) is 18.6 Å². The molecular weight excluding hydrogens is 188 g/mol. The molecule has 1 rings (SSSR count). The molecule has 82 valence electrons. The second-order valence-electron chi connectivity index (χ2n) is 3.25. The summed E-state index contributed by atoms with van der Waals surface area (Å²) in [5.74, 6) is 1.60. The van der Waals surface area contributed by atoms with Gasteiger partial charge in [-0.3, -0.25) is 0 Å². The SMILES string of the molecule is C=CCOc1ccccc1OCCCC. The Hall–Kier alpha value is -1.44. The van der Waals surface area contributed by atoms with Gasteiger partial charge in [0.05, 0.1) is 6.61 Å². The zero-order valence-corrected chi connectivity index (χ0v) is 9.24. The minimum absolute atomic E-state index is 0.508. The summed E-state index contributed by atoms with van der Waals surface area (Å²) < 4.78 is 11.1. The Morgan fingerprint density at radius 2 is 1.87 bits per heavy atom. The van der Waals surface area contributed by atoms with Crippen LogP contribution < -0.4 is 9.47 Å². The minimum Gasteiger partial charge on any atom is -0.490 e. The topological polar surface area (TPSA) is 18.5 Å². The predicted molar refractivity (Wildman–Crippen MR) is 62.5 cm³/mol. The fourth-order valence-corrected chi connectivity index (χ4v) is 1.16. The summed E-state index contributed by atoms with van der Waals surface area (Å²) in [6.07, 6.45) is 3.92. The summed E-state index contributed by atoms with van der Waals surface area (Å²) >= 11 is 0. The molecule has 0 fully saturated rings. The van der Waals surface area contributed by atoms with Gasteiger partial charge in [0.2, 0.25) is 0 Å². The molecule has 1 aromatic carbocycles. The first kappa shape index (κ1) is 11.6. The van der Waals surface area contributed by atoms with Crippen LogP contribution >= 0.6 is 0 Å². The third kappa shape index (κ3) is 4.07. The lowest BCUT2D eigenvalue weighted by molar-refractivity contribution is 0.279. The van der Waals surface area contributed by atoms with Crippen LogP contribution in [0.3, 0.4) is 0 Å². The highest BCUT2D eigenvalue weighted by atomic mass is 16.5. The number of benzene rings is 1. The van der Waals surface area contributed by atoms with Crippen LogP contribution in [0.15, 0.2) is 36.9 Å². The van der Waals surface area contributed by atoms with Crippen molar-refractivity contribution >= 4 is 0 Å². The van der Waals surface area contributed by atoms with Crippen molar-refractivity contribution in [3.05, 3.63) is 36.9 Å². The minimum atomic E-state index is 0.508. The number of hydrogen-bond acceptors (Lipinski definition) is 2. The highest BCUT2D eigenvalue weighted by Crippen LogP contribution is 2.26. The molecule has 0 radical (unpaired) electrons. The summed E-state index contributed by atoms with van der Waals surface area (Å²) in [6, 6.07) is 7.71. The molecule has 0 atom stereocenters. The monoisotopic (exact) mass is 206 g/mol. The van der Waals surface area contributed by atoms with Crippen molar-refractivity contribution < 1.29 is 9.47 Å². The predicted octanol–water partition coefficient (Wildman–Crippen LogP) is 3.43. The lowest BCUT2D eigenvalue weighted by atomic mass is 10.3. The van der Waals surface area contributed by atoms with E-state index < -0.39 is 0 Å². The normalized spacial score (nSPS) is 9.67. The third-order valence-electron chi connectivity index (χ3n) is 1.96. The Bertz CT molecular complexity index is 294. The highest BCUT2D eigenvalue weighted by Gasteiger charge is 2.02. The Morgan fingerprint density at radius 1 is 1.20 bits per heavy atom. The van der Waals surface area contributed by atoms with Crippen molar-refractivity contribution in [2.24, 2.45) is 0 Å². The van der Waals surface area contributed by atoms with E-state index in [4.69, 9.17) is 9.47 Å². The van der Waals surface area contributed by atoms with Gasteiger partial charge in [-0.15, -0.1) is 0 Å². The fourth-order valence-electron chi connectivity index (χ4n) is 1.16. The van der Waals surface area contributed by atoms with Crippen molar-refractivity contribution in [1.29, 1.82) is 0 Å². The summed E-state index contributed by atoms with van der Waals surface area (Å²) in [6.45, 7) is 7.01. The molecule has 2 nitrogen and oxygen atoms in total. The average Bonchev–Trinajstić information content (AvgIpc) is 2.28. The molecule has 0 heterocycles. The average molecular weight is 206 g/mol. The molecule has 2 heteroatoms. The van der Waals surface area contributed by atoms with E-state index in [9.17, 15) is 0 Å². The Balaban J connectivity index is 2.55. The van der Waals surface area contributed by atoms with E-state index in [0.29, 0.717) is 6.61 Å². The lowest BCUT2D eigenvalue weighted by Gasteiger charge is -2.10. The maximum Gasteiger partial charge on any atom is 0.161 e. The van der Waals surface area contributed by atoms with Crippen LogP contribution in [-0.4, -0.2) is 13.2 Å². The van der Waals surface area contributed by atoms with Crippen LogP contribution in [0.1, 0.15) is 19.8 Å². The molecule has 0 N–H and O–H groups in total. The van der Waals surface area contributed by atoms with Crippen molar-refractivity contribution in [2.75, 3.05) is 13.2 Å². The molecule has 0 aliphatic carbocycles. The van der Waals surface area contributed by atoms with Crippen LogP contribution in [-0.2, 0) is 0 Å². The van der Waals surface area contributed by atoms with E-state index in [1.807, 2.05) is 24.3 Å². The standard InChI is InChI=1S/C13H18O2/c1-3-5-11-15-13-9-7-6-8-12(13)14-10-4-2/h4,6-9H,2-3,5,10-11H2,1H3. The van der Waals surface area contributed by atoms with Crippen LogP contribution in [0, 0.1) is 0 Å². The van der Waals surface area contributed by atoms with Crippen LogP contribution in [0.25, 0.3) is 0 Å². The summed E-state index contributed by atoms with van der Waals surface area (Å²) in [4.78, 5) is 0. The number of hydrogen-bond donors (Lipinski definition) is 0. The van der Waals surface area contributed by atoms with Gasteiger partial charge in [-0.25, -0.2) is 0 Å². The first-order chi connectivity index (χ1) is 7.38. The second kappa shape index (κ2) is 6.93. The van der Waals surface area contributed by atoms with Gasteiger partial charge in [0.25, 0.3) is 0 Å². The number of rotatable bonds is 7. The van der Waals surface area contributed by atoms with E-state index >= 15 is 0 Å². The van der Waals surface area contributed by atoms with Crippen LogP contribution in [0.5, 0.6) is 11.5 Å². The van der Waals surface area contributed by atoms with E-state index in [-0.39, 0.29) is 0 Å². The quantitative estimate of drug-likeness (QED) is 0.502. The van der Waals surface area contributed by atoms with E-state index in [1.165, 1.54) is 0 Å². The summed E-state index contributed by atoms with van der Waals surface area (Å²) in [7, 11) is 0. The van der Waals surface area contributed by atoms with Gasteiger partial charge in [-0.2, -0.15) is 0 Å². The van der Waals surface area contributed by atoms with Crippen LogP contribution in [0.2, 0.25) is 0 Å². The molecule has 0 bridgehead atoms.